The molecule has 1 aromatic carbocycles. The minimum Gasteiger partial charge on any atom is -0.368 e. The number of imide groups is 1. The molecular formula is C21H27N3O3. The van der Waals surface area contributed by atoms with E-state index in [4.69, 9.17) is 0 Å². The summed E-state index contributed by atoms with van der Waals surface area (Å²) in [6, 6.07) is 8.26. The van der Waals surface area contributed by atoms with Crippen LogP contribution in [0.25, 0.3) is 0 Å². The lowest BCUT2D eigenvalue weighted by Crippen LogP contribution is -2.52. The highest BCUT2D eigenvalue weighted by atomic mass is 16.2. The van der Waals surface area contributed by atoms with Gasteiger partial charge in [-0.2, -0.15) is 0 Å². The summed E-state index contributed by atoms with van der Waals surface area (Å²) in [5.41, 5.74) is 2.44. The molecule has 4 rings (SSSR count). The van der Waals surface area contributed by atoms with Gasteiger partial charge in [-0.25, -0.2) is 0 Å². The Hall–Kier alpha value is -2.37. The van der Waals surface area contributed by atoms with Crippen LogP contribution in [0.2, 0.25) is 0 Å². The molecular weight excluding hydrogens is 342 g/mol. The smallest absolute Gasteiger partial charge is 0.242 e. The van der Waals surface area contributed by atoms with Crippen LogP contribution in [0, 0.1) is 18.8 Å². The van der Waals surface area contributed by atoms with Crippen LogP contribution in [0.3, 0.4) is 0 Å². The van der Waals surface area contributed by atoms with Crippen molar-refractivity contribution in [2.75, 3.05) is 37.6 Å². The van der Waals surface area contributed by atoms with Gasteiger partial charge in [0.2, 0.25) is 17.7 Å². The third kappa shape index (κ3) is 3.33. The molecule has 27 heavy (non-hydrogen) atoms. The number of carbonyl (C=O) groups excluding carboxylic acids is 3. The number of aryl methyl sites for hydroxylation is 1. The molecule has 0 N–H and O–H groups in total. The Bertz CT molecular complexity index is 731. The normalized spacial score (nSPS) is 25.7. The number of benzene rings is 1. The molecule has 0 bridgehead atoms. The fourth-order valence-electron chi connectivity index (χ4n) is 4.74. The van der Waals surface area contributed by atoms with Crippen molar-refractivity contribution in [3.8, 4) is 0 Å². The van der Waals surface area contributed by atoms with Crippen molar-refractivity contribution < 1.29 is 14.4 Å². The van der Waals surface area contributed by atoms with E-state index < -0.39 is 0 Å². The number of hydrogen-bond donors (Lipinski definition) is 0. The number of carbonyl (C=O) groups is 3. The molecule has 2 saturated heterocycles. The van der Waals surface area contributed by atoms with Gasteiger partial charge in [0.15, 0.2) is 0 Å². The summed E-state index contributed by atoms with van der Waals surface area (Å²) in [4.78, 5) is 43.2. The summed E-state index contributed by atoms with van der Waals surface area (Å²) in [7, 11) is 0. The zero-order chi connectivity index (χ0) is 19.0. The van der Waals surface area contributed by atoms with Gasteiger partial charge >= 0.3 is 0 Å². The van der Waals surface area contributed by atoms with Crippen LogP contribution < -0.4 is 4.90 Å². The first-order chi connectivity index (χ1) is 13.1. The Morgan fingerprint density at radius 3 is 2.15 bits per heavy atom. The Balaban J connectivity index is 1.35. The van der Waals surface area contributed by atoms with Crippen LogP contribution in [0.1, 0.15) is 31.2 Å². The number of amides is 3. The number of anilines is 1. The molecule has 3 aliphatic rings. The molecule has 3 amide bonds. The zero-order valence-electron chi connectivity index (χ0n) is 15.9. The van der Waals surface area contributed by atoms with Gasteiger partial charge in [0.25, 0.3) is 0 Å². The molecule has 1 aliphatic carbocycles. The molecule has 6 heteroatoms. The summed E-state index contributed by atoms with van der Waals surface area (Å²) >= 11 is 0. The standard InChI is InChI=1S/C21H27N3O3/c1-15-6-2-5-9-18(15)22-10-12-23(13-11-22)19(25)14-24-20(26)16-7-3-4-8-17(16)21(24)27/h2,5-6,9,16-17H,3-4,7-8,10-14H2,1H3/t16-,17-/m1/s1. The fourth-order valence-corrected chi connectivity index (χ4v) is 4.74. The molecule has 0 spiro atoms. The molecule has 1 saturated carbocycles. The number of fused-ring (bicyclic) bond motifs is 1. The van der Waals surface area contributed by atoms with Gasteiger partial charge in [-0.05, 0) is 31.4 Å². The topological polar surface area (TPSA) is 60.9 Å². The molecule has 0 radical (unpaired) electrons. The number of likely N-dealkylation sites (tertiary alicyclic amines) is 1. The molecule has 2 atom stereocenters. The van der Waals surface area contributed by atoms with E-state index in [9.17, 15) is 14.4 Å². The SMILES string of the molecule is Cc1ccccc1N1CCN(C(=O)CN2C(=O)[C@@H]3CCCC[C@H]3C2=O)CC1. The highest BCUT2D eigenvalue weighted by Crippen LogP contribution is 2.37. The minimum atomic E-state index is -0.183. The van der Waals surface area contributed by atoms with Crippen LogP contribution >= 0.6 is 0 Å². The second-order valence-electron chi connectivity index (χ2n) is 7.91. The van der Waals surface area contributed by atoms with Gasteiger partial charge in [0.1, 0.15) is 6.54 Å². The molecule has 2 heterocycles. The lowest BCUT2D eigenvalue weighted by Gasteiger charge is -2.37. The van der Waals surface area contributed by atoms with Crippen molar-refractivity contribution in [2.24, 2.45) is 11.8 Å². The van der Waals surface area contributed by atoms with E-state index in [0.29, 0.717) is 13.1 Å². The number of nitrogens with zero attached hydrogens (tertiary/aromatic N) is 3. The number of rotatable bonds is 3. The Morgan fingerprint density at radius 2 is 1.56 bits per heavy atom. The molecule has 3 fully saturated rings. The van der Waals surface area contributed by atoms with E-state index >= 15 is 0 Å². The fraction of sp³-hybridized carbons (Fsp3) is 0.571. The maximum absolute atomic E-state index is 12.7. The van der Waals surface area contributed by atoms with Crippen LogP contribution in [0.15, 0.2) is 24.3 Å². The lowest BCUT2D eigenvalue weighted by atomic mass is 9.81. The molecule has 144 valence electrons. The number of hydrogen-bond acceptors (Lipinski definition) is 4. The summed E-state index contributed by atoms with van der Waals surface area (Å²) < 4.78 is 0. The van der Waals surface area contributed by atoms with Crippen LogP contribution in [-0.2, 0) is 14.4 Å². The maximum Gasteiger partial charge on any atom is 0.242 e. The minimum absolute atomic E-state index is 0.0883. The highest BCUT2D eigenvalue weighted by molar-refractivity contribution is 6.07. The second kappa shape index (κ2) is 7.33. The predicted molar refractivity (Wildman–Crippen MR) is 102 cm³/mol. The first-order valence-electron chi connectivity index (χ1n) is 10.00. The van der Waals surface area contributed by atoms with Crippen LogP contribution in [-0.4, -0.2) is 60.2 Å². The van der Waals surface area contributed by atoms with Crippen molar-refractivity contribution in [1.29, 1.82) is 0 Å². The van der Waals surface area contributed by atoms with E-state index in [0.717, 1.165) is 38.8 Å². The van der Waals surface area contributed by atoms with Gasteiger partial charge in [0, 0.05) is 31.9 Å². The van der Waals surface area contributed by atoms with E-state index in [-0.39, 0.29) is 36.1 Å². The van der Waals surface area contributed by atoms with Crippen molar-refractivity contribution in [3.63, 3.8) is 0 Å². The lowest BCUT2D eigenvalue weighted by molar-refractivity contribution is -0.146. The first kappa shape index (κ1) is 18.0. The molecule has 0 aromatic heterocycles. The summed E-state index contributed by atoms with van der Waals surface area (Å²) in [5.74, 6) is -0.734. The molecule has 6 nitrogen and oxygen atoms in total. The summed E-state index contributed by atoms with van der Waals surface area (Å²) in [6.07, 6.45) is 3.58. The number of para-hydroxylation sites is 1. The summed E-state index contributed by atoms with van der Waals surface area (Å²) in [5, 5.41) is 0. The highest BCUT2D eigenvalue weighted by Gasteiger charge is 2.48. The third-order valence-electron chi connectivity index (χ3n) is 6.31. The van der Waals surface area contributed by atoms with E-state index in [2.05, 4.69) is 24.0 Å². The van der Waals surface area contributed by atoms with Gasteiger partial charge in [-0.1, -0.05) is 31.0 Å². The second-order valence-corrected chi connectivity index (χ2v) is 7.91. The van der Waals surface area contributed by atoms with Gasteiger partial charge in [-0.15, -0.1) is 0 Å². The number of piperazine rings is 1. The van der Waals surface area contributed by atoms with E-state index in [1.54, 1.807) is 4.90 Å². The third-order valence-corrected chi connectivity index (χ3v) is 6.31. The molecule has 1 aromatic rings. The van der Waals surface area contributed by atoms with Gasteiger partial charge in [0.05, 0.1) is 11.8 Å². The molecule has 2 aliphatic heterocycles. The van der Waals surface area contributed by atoms with Gasteiger partial charge in [-0.3, -0.25) is 19.3 Å². The maximum atomic E-state index is 12.7. The van der Waals surface area contributed by atoms with Crippen LogP contribution in [0.4, 0.5) is 5.69 Å². The quantitative estimate of drug-likeness (QED) is 0.763. The van der Waals surface area contributed by atoms with Crippen molar-refractivity contribution in [1.82, 2.24) is 9.80 Å². The average molecular weight is 369 g/mol. The van der Waals surface area contributed by atoms with Crippen LogP contribution in [0.5, 0.6) is 0 Å². The summed E-state index contributed by atoms with van der Waals surface area (Å²) in [6.45, 7) is 4.78. The van der Waals surface area contributed by atoms with Crippen molar-refractivity contribution in [2.45, 2.75) is 32.6 Å². The van der Waals surface area contributed by atoms with E-state index in [1.807, 2.05) is 12.1 Å². The predicted octanol–water partition coefficient (Wildman–Crippen LogP) is 1.82. The monoisotopic (exact) mass is 369 g/mol. The Morgan fingerprint density at radius 1 is 0.963 bits per heavy atom. The zero-order valence-corrected chi connectivity index (χ0v) is 15.9. The average Bonchev–Trinajstić information content (AvgIpc) is 2.94. The van der Waals surface area contributed by atoms with Crippen molar-refractivity contribution in [3.05, 3.63) is 29.8 Å². The van der Waals surface area contributed by atoms with Crippen molar-refractivity contribution >= 4 is 23.4 Å². The Kier molecular flexibility index (Phi) is 4.89. The Labute approximate surface area is 160 Å². The first-order valence-corrected chi connectivity index (χ1v) is 10.00. The van der Waals surface area contributed by atoms with E-state index in [1.165, 1.54) is 16.2 Å². The molecule has 0 unspecified atom stereocenters. The largest absolute Gasteiger partial charge is 0.368 e. The van der Waals surface area contributed by atoms with Gasteiger partial charge < -0.3 is 9.80 Å².